The second kappa shape index (κ2) is 3.01. The molecule has 0 aromatic heterocycles. The minimum absolute atomic E-state index is 0.0604. The van der Waals surface area contributed by atoms with E-state index in [1.807, 2.05) is 0 Å². The maximum atomic E-state index is 11.2. The van der Waals surface area contributed by atoms with Gasteiger partial charge in [0.25, 0.3) is 0 Å². The summed E-state index contributed by atoms with van der Waals surface area (Å²) in [6, 6.07) is 0.187. The van der Waals surface area contributed by atoms with Gasteiger partial charge in [-0.2, -0.15) is 5.48 Å². The van der Waals surface area contributed by atoms with Gasteiger partial charge in [-0.05, 0) is 0 Å². The second-order valence-corrected chi connectivity index (χ2v) is 3.07. The maximum absolute atomic E-state index is 11.2. The molecule has 1 amide bonds. The molecule has 0 spiro atoms. The molecule has 3 atom stereocenters. The van der Waals surface area contributed by atoms with Gasteiger partial charge in [-0.3, -0.25) is 4.79 Å². The summed E-state index contributed by atoms with van der Waals surface area (Å²) in [5, 5.41) is 2.57. The largest absolute Gasteiger partial charge is 0.366 e. The average molecular weight is 172 g/mol. The fourth-order valence-electron chi connectivity index (χ4n) is 1.65. The lowest BCUT2D eigenvalue weighted by Gasteiger charge is -2.12. The van der Waals surface area contributed by atoms with Crippen molar-refractivity contribution in [3.8, 4) is 0 Å². The lowest BCUT2D eigenvalue weighted by molar-refractivity contribution is -0.132. The van der Waals surface area contributed by atoms with Crippen molar-refractivity contribution >= 4 is 5.91 Å². The van der Waals surface area contributed by atoms with Crippen LogP contribution in [-0.2, 0) is 14.4 Å². The van der Waals surface area contributed by atoms with Crippen molar-refractivity contribution in [2.75, 3.05) is 20.3 Å². The number of rotatable bonds is 1. The van der Waals surface area contributed by atoms with Crippen LogP contribution >= 0.6 is 0 Å². The van der Waals surface area contributed by atoms with Crippen LogP contribution in [0.15, 0.2) is 0 Å². The number of ether oxygens (including phenoxy) is 1. The van der Waals surface area contributed by atoms with E-state index in [4.69, 9.17) is 9.57 Å². The van der Waals surface area contributed by atoms with Crippen molar-refractivity contribution in [1.82, 2.24) is 10.8 Å². The van der Waals surface area contributed by atoms with Gasteiger partial charge >= 0.3 is 0 Å². The van der Waals surface area contributed by atoms with Gasteiger partial charge in [0.2, 0.25) is 5.91 Å². The van der Waals surface area contributed by atoms with Crippen molar-refractivity contribution in [3.63, 3.8) is 0 Å². The summed E-state index contributed by atoms with van der Waals surface area (Å²) in [4.78, 5) is 16.3. The smallest absolute Gasteiger partial charge is 0.249 e. The molecule has 0 aromatic rings. The summed E-state index contributed by atoms with van der Waals surface area (Å²) >= 11 is 0. The number of hydrogen-bond acceptors (Lipinski definition) is 4. The summed E-state index contributed by atoms with van der Waals surface area (Å²) in [6.45, 7) is 1.12. The van der Waals surface area contributed by atoms with Crippen molar-refractivity contribution in [2.45, 2.75) is 12.1 Å². The quantitative estimate of drug-likeness (QED) is 0.513. The van der Waals surface area contributed by atoms with Gasteiger partial charge in [-0.25, -0.2) is 0 Å². The topological polar surface area (TPSA) is 59.6 Å². The Balaban J connectivity index is 2.04. The Morgan fingerprint density at radius 3 is 3.17 bits per heavy atom. The number of hydroxylamine groups is 1. The van der Waals surface area contributed by atoms with Crippen LogP contribution in [0.2, 0.25) is 0 Å². The van der Waals surface area contributed by atoms with Crippen LogP contribution in [0.1, 0.15) is 0 Å². The van der Waals surface area contributed by atoms with E-state index in [0.717, 1.165) is 0 Å². The Hall–Kier alpha value is -0.650. The van der Waals surface area contributed by atoms with Crippen LogP contribution in [0.5, 0.6) is 0 Å². The molecule has 5 heteroatoms. The van der Waals surface area contributed by atoms with Crippen molar-refractivity contribution < 1.29 is 14.4 Å². The van der Waals surface area contributed by atoms with Crippen molar-refractivity contribution in [3.05, 3.63) is 0 Å². The van der Waals surface area contributed by atoms with Crippen LogP contribution < -0.4 is 10.8 Å². The lowest BCUT2D eigenvalue weighted by atomic mass is 9.99. The third-order valence-electron chi connectivity index (χ3n) is 2.38. The lowest BCUT2D eigenvalue weighted by Crippen LogP contribution is -2.38. The number of nitrogens with one attached hydrogen (secondary N) is 2. The first-order valence-electron chi connectivity index (χ1n) is 4.03. The van der Waals surface area contributed by atoms with E-state index >= 15 is 0 Å². The second-order valence-electron chi connectivity index (χ2n) is 3.07. The Morgan fingerprint density at radius 1 is 1.58 bits per heavy atom. The highest BCUT2D eigenvalue weighted by molar-refractivity contribution is 5.81. The Bertz CT molecular complexity index is 197. The van der Waals surface area contributed by atoms with Crippen LogP contribution in [-0.4, -0.2) is 38.3 Å². The molecular formula is C7H12N2O3. The van der Waals surface area contributed by atoms with Crippen LogP contribution in [0.4, 0.5) is 0 Å². The number of likely N-dealkylation sites (N-methyl/N-ethyl adjacent to an activating group) is 1. The zero-order valence-corrected chi connectivity index (χ0v) is 6.87. The molecule has 5 nitrogen and oxygen atoms in total. The minimum atomic E-state index is -0.338. The Kier molecular flexibility index (Phi) is 2.00. The van der Waals surface area contributed by atoms with Crippen LogP contribution in [0.25, 0.3) is 0 Å². The summed E-state index contributed by atoms with van der Waals surface area (Å²) in [5.74, 6) is 0.111. The van der Waals surface area contributed by atoms with Gasteiger partial charge in [0.15, 0.2) is 0 Å². The summed E-state index contributed by atoms with van der Waals surface area (Å²) < 4.78 is 5.32. The zero-order chi connectivity index (χ0) is 8.55. The fourth-order valence-corrected chi connectivity index (χ4v) is 1.65. The van der Waals surface area contributed by atoms with Crippen LogP contribution in [0, 0.1) is 5.92 Å². The Morgan fingerprint density at radius 2 is 2.42 bits per heavy atom. The highest BCUT2D eigenvalue weighted by atomic mass is 16.7. The molecule has 0 aromatic carbocycles. The van der Waals surface area contributed by atoms with Gasteiger partial charge in [0, 0.05) is 13.0 Å². The zero-order valence-electron chi connectivity index (χ0n) is 6.87. The molecule has 3 unspecified atom stereocenters. The van der Waals surface area contributed by atoms with Crippen molar-refractivity contribution in [1.29, 1.82) is 0 Å². The monoisotopic (exact) mass is 172 g/mol. The Labute approximate surface area is 70.4 Å². The predicted octanol–water partition coefficient (Wildman–Crippen LogP) is -1.35. The van der Waals surface area contributed by atoms with E-state index < -0.39 is 0 Å². The first-order valence-corrected chi connectivity index (χ1v) is 4.03. The molecule has 68 valence electrons. The van der Waals surface area contributed by atoms with Gasteiger partial charge in [0.1, 0.15) is 6.10 Å². The van der Waals surface area contributed by atoms with E-state index in [1.54, 1.807) is 7.05 Å². The SMILES string of the molecule is CNC(=O)C1OCC2NOCC21. The van der Waals surface area contributed by atoms with E-state index in [9.17, 15) is 4.79 Å². The minimum Gasteiger partial charge on any atom is -0.366 e. The predicted molar refractivity (Wildman–Crippen MR) is 40.2 cm³/mol. The number of amides is 1. The summed E-state index contributed by atoms with van der Waals surface area (Å²) in [7, 11) is 1.61. The molecule has 2 rings (SSSR count). The van der Waals surface area contributed by atoms with Gasteiger partial charge in [0.05, 0.1) is 19.3 Å². The average Bonchev–Trinajstić information content (AvgIpc) is 2.62. The molecular weight excluding hydrogens is 160 g/mol. The van der Waals surface area contributed by atoms with Gasteiger partial charge in [-0.15, -0.1) is 0 Å². The highest BCUT2D eigenvalue weighted by Gasteiger charge is 2.44. The third-order valence-corrected chi connectivity index (χ3v) is 2.38. The van der Waals surface area contributed by atoms with Gasteiger partial charge < -0.3 is 14.9 Å². The maximum Gasteiger partial charge on any atom is 0.249 e. The van der Waals surface area contributed by atoms with Crippen molar-refractivity contribution in [2.24, 2.45) is 5.92 Å². The number of hydrogen-bond donors (Lipinski definition) is 2. The number of carbonyl (C=O) groups excluding carboxylic acids is 1. The first kappa shape index (κ1) is 7.97. The summed E-state index contributed by atoms with van der Waals surface area (Å²) in [5.41, 5.74) is 2.82. The molecule has 12 heavy (non-hydrogen) atoms. The molecule has 2 saturated heterocycles. The molecule has 2 N–H and O–H groups in total. The fraction of sp³-hybridized carbons (Fsp3) is 0.857. The molecule has 2 fully saturated rings. The first-order chi connectivity index (χ1) is 5.83. The third kappa shape index (κ3) is 1.10. The molecule has 0 aliphatic carbocycles. The number of fused-ring (bicyclic) bond motifs is 1. The van der Waals surface area contributed by atoms with E-state index in [-0.39, 0.29) is 24.0 Å². The standard InChI is InChI=1S/C7H12N2O3/c1-8-7(10)6-4-2-12-9-5(4)3-11-6/h4-6,9H,2-3H2,1H3,(H,8,10). The summed E-state index contributed by atoms with van der Waals surface area (Å²) in [6.07, 6.45) is -0.338. The molecule has 2 heterocycles. The normalized spacial score (nSPS) is 39.6. The van der Waals surface area contributed by atoms with E-state index in [2.05, 4.69) is 10.8 Å². The molecule has 0 saturated carbocycles. The molecule has 2 aliphatic heterocycles. The van der Waals surface area contributed by atoms with E-state index in [1.165, 1.54) is 0 Å². The molecule has 2 aliphatic rings. The molecule has 0 radical (unpaired) electrons. The van der Waals surface area contributed by atoms with Crippen LogP contribution in [0.3, 0.4) is 0 Å². The molecule has 0 bridgehead atoms. The number of carbonyl (C=O) groups is 1. The van der Waals surface area contributed by atoms with Gasteiger partial charge in [-0.1, -0.05) is 0 Å². The van der Waals surface area contributed by atoms with E-state index in [0.29, 0.717) is 13.2 Å². The highest BCUT2D eigenvalue weighted by Crippen LogP contribution is 2.25.